The molecule has 0 saturated carbocycles. The topological polar surface area (TPSA) is 119 Å². The molecule has 0 amide bonds. The van der Waals surface area contributed by atoms with Crippen LogP contribution in [0.4, 0.5) is 0 Å². The van der Waals surface area contributed by atoms with Crippen molar-refractivity contribution in [3.05, 3.63) is 75.6 Å². The summed E-state index contributed by atoms with van der Waals surface area (Å²) in [6, 6.07) is 11.0. The summed E-state index contributed by atoms with van der Waals surface area (Å²) < 4.78 is 6.95. The van der Waals surface area contributed by atoms with Crippen molar-refractivity contribution in [2.75, 3.05) is 7.11 Å². The molecule has 0 bridgehead atoms. The van der Waals surface area contributed by atoms with Crippen molar-refractivity contribution < 1.29 is 9.53 Å². The Hall–Kier alpha value is -4.23. The van der Waals surface area contributed by atoms with Gasteiger partial charge < -0.3 is 4.74 Å². The third-order valence-corrected chi connectivity index (χ3v) is 7.23. The highest BCUT2D eigenvalue weighted by Crippen LogP contribution is 2.39. The molecule has 0 radical (unpaired) electrons. The predicted molar refractivity (Wildman–Crippen MR) is 131 cm³/mol. The number of aryl methyl sites for hydroxylation is 2. The fourth-order valence-corrected chi connectivity index (χ4v) is 5.35. The van der Waals surface area contributed by atoms with Crippen LogP contribution >= 0.6 is 11.3 Å². The van der Waals surface area contributed by atoms with Gasteiger partial charge in [-0.15, -0.1) is 21.5 Å². The first-order valence-electron chi connectivity index (χ1n) is 10.9. The second kappa shape index (κ2) is 8.85. The summed E-state index contributed by atoms with van der Waals surface area (Å²) in [5.41, 5.74) is 5.34. The maximum Gasteiger partial charge on any atom is 0.308 e. The fourth-order valence-electron chi connectivity index (χ4n) is 4.14. The lowest BCUT2D eigenvalue weighted by Crippen LogP contribution is -2.12. The number of esters is 1. The van der Waals surface area contributed by atoms with E-state index < -0.39 is 6.04 Å². The Labute approximate surface area is 205 Å². The van der Waals surface area contributed by atoms with Gasteiger partial charge in [0.1, 0.15) is 22.9 Å². The van der Waals surface area contributed by atoms with E-state index >= 15 is 0 Å². The Morgan fingerprint density at radius 3 is 2.60 bits per heavy atom. The number of benzene rings is 1. The number of aliphatic imine (C=N–C) groups is 1. The molecule has 0 unspecified atom stereocenters. The first kappa shape index (κ1) is 22.6. The van der Waals surface area contributed by atoms with E-state index in [0.29, 0.717) is 11.5 Å². The van der Waals surface area contributed by atoms with Crippen molar-refractivity contribution in [3.8, 4) is 22.3 Å². The summed E-state index contributed by atoms with van der Waals surface area (Å²) in [6.45, 7) is 6.07. The molecular formula is C25H21N7O2S. The van der Waals surface area contributed by atoms with Crippen molar-refractivity contribution >= 4 is 23.0 Å². The fraction of sp³-hybridized carbons (Fsp3) is 0.240. The van der Waals surface area contributed by atoms with Gasteiger partial charge in [0.2, 0.25) is 5.82 Å². The number of rotatable bonds is 4. The van der Waals surface area contributed by atoms with E-state index in [-0.39, 0.29) is 18.2 Å². The summed E-state index contributed by atoms with van der Waals surface area (Å²) >= 11 is 1.66. The molecule has 5 rings (SSSR count). The number of ether oxygens (including phenoxy) is 1. The Balaban J connectivity index is 1.67. The lowest BCUT2D eigenvalue weighted by atomic mass is 9.98. The highest BCUT2D eigenvalue weighted by Gasteiger charge is 2.32. The van der Waals surface area contributed by atoms with Crippen LogP contribution in [0.25, 0.3) is 16.3 Å². The highest BCUT2D eigenvalue weighted by atomic mass is 32.1. The summed E-state index contributed by atoms with van der Waals surface area (Å²) in [6.07, 6.45) is 1.63. The zero-order valence-electron chi connectivity index (χ0n) is 19.6. The van der Waals surface area contributed by atoms with Crippen LogP contribution in [0.15, 0.2) is 41.5 Å². The first-order valence-corrected chi connectivity index (χ1v) is 11.7. The number of methoxy groups -OCH3 is 1. The van der Waals surface area contributed by atoms with Gasteiger partial charge in [0.15, 0.2) is 5.82 Å². The molecule has 3 aromatic heterocycles. The number of carbonyl (C=O) groups is 1. The van der Waals surface area contributed by atoms with E-state index in [1.807, 2.05) is 41.8 Å². The monoisotopic (exact) mass is 483 g/mol. The molecule has 4 heterocycles. The molecule has 0 saturated heterocycles. The van der Waals surface area contributed by atoms with Crippen LogP contribution < -0.4 is 0 Å². The molecule has 35 heavy (non-hydrogen) atoms. The van der Waals surface area contributed by atoms with Gasteiger partial charge in [0.25, 0.3) is 0 Å². The van der Waals surface area contributed by atoms with Crippen molar-refractivity contribution in [2.45, 2.75) is 33.2 Å². The van der Waals surface area contributed by atoms with E-state index in [9.17, 15) is 4.79 Å². The maximum absolute atomic E-state index is 12.3. The number of carbonyl (C=O) groups excluding carboxylic acids is 1. The lowest BCUT2D eigenvalue weighted by molar-refractivity contribution is -0.141. The average Bonchev–Trinajstić information content (AvgIpc) is 3.36. The SMILES string of the molecule is COC(=O)C[C@@H]1N=C(c2ccc(-c3ccnc(C#N)n3)cc2)c2c(sc(C)c2C)-n2c(C)nnc21. The number of thiophene rings is 1. The molecule has 9 nitrogen and oxygen atoms in total. The molecular weight excluding hydrogens is 462 g/mol. The number of nitrogens with zero attached hydrogens (tertiary/aromatic N) is 7. The maximum atomic E-state index is 12.3. The van der Waals surface area contributed by atoms with Gasteiger partial charge in [-0.3, -0.25) is 14.4 Å². The van der Waals surface area contributed by atoms with Gasteiger partial charge in [0, 0.05) is 27.8 Å². The van der Waals surface area contributed by atoms with Gasteiger partial charge in [-0.05, 0) is 32.4 Å². The van der Waals surface area contributed by atoms with Crippen LogP contribution in [0, 0.1) is 32.1 Å². The van der Waals surface area contributed by atoms with Crippen LogP contribution in [-0.4, -0.2) is 43.5 Å². The van der Waals surface area contributed by atoms with Crippen molar-refractivity contribution in [1.82, 2.24) is 24.7 Å². The van der Waals surface area contributed by atoms with Crippen molar-refractivity contribution in [1.29, 1.82) is 5.26 Å². The molecule has 1 aliphatic rings. The van der Waals surface area contributed by atoms with Crippen LogP contribution in [0.1, 0.15) is 51.5 Å². The van der Waals surface area contributed by atoms with E-state index in [1.54, 1.807) is 23.6 Å². The number of fused-ring (bicyclic) bond motifs is 3. The minimum Gasteiger partial charge on any atom is -0.469 e. The van der Waals surface area contributed by atoms with Gasteiger partial charge in [-0.1, -0.05) is 24.3 Å². The smallest absolute Gasteiger partial charge is 0.308 e. The summed E-state index contributed by atoms with van der Waals surface area (Å²) in [4.78, 5) is 26.7. The summed E-state index contributed by atoms with van der Waals surface area (Å²) in [5, 5.41) is 18.8. The molecule has 0 N–H and O–H groups in total. The van der Waals surface area contributed by atoms with Gasteiger partial charge in [-0.2, -0.15) is 5.26 Å². The largest absolute Gasteiger partial charge is 0.469 e. The Morgan fingerprint density at radius 2 is 1.89 bits per heavy atom. The number of hydrogen-bond donors (Lipinski definition) is 0. The predicted octanol–water partition coefficient (Wildman–Crippen LogP) is 4.04. The van der Waals surface area contributed by atoms with E-state index in [4.69, 9.17) is 15.0 Å². The van der Waals surface area contributed by atoms with Crippen LogP contribution in [0.5, 0.6) is 0 Å². The van der Waals surface area contributed by atoms with E-state index in [1.165, 1.54) is 12.0 Å². The number of nitriles is 1. The van der Waals surface area contributed by atoms with Gasteiger partial charge >= 0.3 is 5.97 Å². The van der Waals surface area contributed by atoms with Gasteiger partial charge in [-0.25, -0.2) is 9.97 Å². The standard InChI is InChI=1S/C25H21N7O2S/c1-13-14(2)35-25-22(13)23(29-19(11-21(33)34-4)24-31-30-15(3)32(24)25)17-7-5-16(6-8-17)18-9-10-27-20(12-26)28-18/h5-10,19H,11H2,1-4H3/t19-/m0/s1. The molecule has 0 aliphatic carbocycles. The van der Waals surface area contributed by atoms with E-state index in [2.05, 4.69) is 34.0 Å². The second-order valence-corrected chi connectivity index (χ2v) is 9.34. The van der Waals surface area contributed by atoms with Gasteiger partial charge in [0.05, 0.1) is 24.9 Å². The third-order valence-electron chi connectivity index (χ3n) is 6.04. The van der Waals surface area contributed by atoms with Crippen LogP contribution in [-0.2, 0) is 9.53 Å². The molecule has 1 atom stereocenters. The van der Waals surface area contributed by atoms with Crippen molar-refractivity contribution in [2.24, 2.45) is 4.99 Å². The minimum absolute atomic E-state index is 0.0566. The lowest BCUT2D eigenvalue weighted by Gasteiger charge is -2.12. The highest BCUT2D eigenvalue weighted by molar-refractivity contribution is 7.15. The second-order valence-electron chi connectivity index (χ2n) is 8.13. The van der Waals surface area contributed by atoms with Crippen molar-refractivity contribution in [3.63, 3.8) is 0 Å². The average molecular weight is 484 g/mol. The molecule has 10 heteroatoms. The zero-order chi connectivity index (χ0) is 24.7. The molecule has 0 fully saturated rings. The number of aromatic nitrogens is 5. The van der Waals surface area contributed by atoms with Crippen LogP contribution in [0.3, 0.4) is 0 Å². The third kappa shape index (κ3) is 3.90. The molecule has 1 aliphatic heterocycles. The zero-order valence-corrected chi connectivity index (χ0v) is 20.4. The Bertz CT molecular complexity index is 1530. The Kier molecular flexibility index (Phi) is 5.70. The summed E-state index contributed by atoms with van der Waals surface area (Å²) in [7, 11) is 1.37. The molecule has 1 aromatic carbocycles. The van der Waals surface area contributed by atoms with E-state index in [0.717, 1.165) is 38.8 Å². The summed E-state index contributed by atoms with van der Waals surface area (Å²) in [5.74, 6) is 1.11. The molecule has 4 aromatic rings. The van der Waals surface area contributed by atoms with Crippen LogP contribution in [0.2, 0.25) is 0 Å². The normalized spacial score (nSPS) is 14.4. The quantitative estimate of drug-likeness (QED) is 0.402. The minimum atomic E-state index is -0.544. The molecule has 174 valence electrons. The first-order chi connectivity index (χ1) is 16.9. The number of hydrogen-bond acceptors (Lipinski definition) is 9. The Morgan fingerprint density at radius 1 is 1.14 bits per heavy atom. The molecule has 0 spiro atoms.